The summed E-state index contributed by atoms with van der Waals surface area (Å²) in [6.07, 6.45) is 1.85. The maximum Gasteiger partial charge on any atom is 0.184 e. The molecule has 4 nitrogen and oxygen atoms in total. The van der Waals surface area contributed by atoms with Crippen molar-refractivity contribution in [2.45, 2.75) is 10.6 Å². The minimum Gasteiger partial charge on any atom is -0.302 e. The Morgan fingerprint density at radius 3 is 2.16 bits per heavy atom. The Kier molecular flexibility index (Phi) is 3.86. The van der Waals surface area contributed by atoms with E-state index in [1.807, 2.05) is 65.2 Å². The molecule has 4 aromatic rings. The lowest BCUT2D eigenvalue weighted by molar-refractivity contribution is 0.594. The molecule has 124 valence electrons. The van der Waals surface area contributed by atoms with Crippen LogP contribution in [0.5, 0.6) is 0 Å². The number of pyridine rings is 1. The third-order valence-electron chi connectivity index (χ3n) is 4.11. The molecule has 0 fully saturated rings. The molecule has 0 spiro atoms. The number of hydrogen-bond acceptors (Lipinski definition) is 3. The number of benzene rings is 2. The molecule has 0 N–H and O–H groups in total. The van der Waals surface area contributed by atoms with E-state index in [1.165, 1.54) is 0 Å². The minimum atomic E-state index is -3.47. The molecule has 2 heterocycles. The molecule has 2 aromatic heterocycles. The molecule has 0 unspecified atom stereocenters. The van der Waals surface area contributed by atoms with Gasteiger partial charge in [-0.15, -0.1) is 0 Å². The van der Waals surface area contributed by atoms with Crippen molar-refractivity contribution in [1.29, 1.82) is 0 Å². The van der Waals surface area contributed by atoms with Crippen LogP contribution < -0.4 is 0 Å². The SMILES string of the molecule is O=S(=O)(Cc1c(-c2ccccc2)nc2ccccn12)c1ccccc1. The van der Waals surface area contributed by atoms with Gasteiger partial charge in [0.2, 0.25) is 0 Å². The average Bonchev–Trinajstić information content (AvgIpc) is 3.01. The van der Waals surface area contributed by atoms with Gasteiger partial charge in [-0.3, -0.25) is 0 Å². The topological polar surface area (TPSA) is 51.4 Å². The average molecular weight is 348 g/mol. The van der Waals surface area contributed by atoms with Crippen LogP contribution in [0.15, 0.2) is 90.0 Å². The maximum atomic E-state index is 12.9. The number of fused-ring (bicyclic) bond motifs is 1. The van der Waals surface area contributed by atoms with Gasteiger partial charge in [-0.1, -0.05) is 54.6 Å². The van der Waals surface area contributed by atoms with Crippen molar-refractivity contribution in [2.75, 3.05) is 0 Å². The number of nitrogens with zero attached hydrogens (tertiary/aromatic N) is 2. The van der Waals surface area contributed by atoms with E-state index in [9.17, 15) is 8.42 Å². The van der Waals surface area contributed by atoms with Gasteiger partial charge < -0.3 is 4.40 Å². The van der Waals surface area contributed by atoms with Crippen molar-refractivity contribution in [3.05, 3.63) is 90.8 Å². The molecule has 0 saturated heterocycles. The van der Waals surface area contributed by atoms with Crippen LogP contribution >= 0.6 is 0 Å². The summed E-state index contributed by atoms with van der Waals surface area (Å²) in [5.41, 5.74) is 3.01. The van der Waals surface area contributed by atoms with Crippen molar-refractivity contribution in [1.82, 2.24) is 9.38 Å². The van der Waals surface area contributed by atoms with Crippen LogP contribution in [-0.2, 0) is 15.6 Å². The van der Waals surface area contributed by atoms with Crippen LogP contribution in [0.1, 0.15) is 5.69 Å². The van der Waals surface area contributed by atoms with E-state index in [0.717, 1.165) is 11.2 Å². The number of imidazole rings is 1. The molecule has 4 rings (SSSR count). The number of sulfone groups is 1. The van der Waals surface area contributed by atoms with Gasteiger partial charge in [0.05, 0.1) is 22.0 Å². The zero-order chi connectivity index (χ0) is 17.3. The zero-order valence-corrected chi connectivity index (χ0v) is 14.2. The van der Waals surface area contributed by atoms with E-state index in [4.69, 9.17) is 0 Å². The van der Waals surface area contributed by atoms with Crippen molar-refractivity contribution in [2.24, 2.45) is 0 Å². The van der Waals surface area contributed by atoms with Crippen LogP contribution in [0.4, 0.5) is 0 Å². The van der Waals surface area contributed by atoms with Gasteiger partial charge in [0.25, 0.3) is 0 Å². The van der Waals surface area contributed by atoms with Crippen LogP contribution in [0.25, 0.3) is 16.9 Å². The predicted molar refractivity (Wildman–Crippen MR) is 98.0 cm³/mol. The van der Waals surface area contributed by atoms with E-state index in [1.54, 1.807) is 24.3 Å². The van der Waals surface area contributed by atoms with E-state index in [2.05, 4.69) is 4.98 Å². The van der Waals surface area contributed by atoms with Gasteiger partial charge in [0.15, 0.2) is 9.84 Å². The zero-order valence-electron chi connectivity index (χ0n) is 13.4. The van der Waals surface area contributed by atoms with Crippen molar-refractivity contribution >= 4 is 15.5 Å². The summed E-state index contributed by atoms with van der Waals surface area (Å²) in [6.45, 7) is 0. The summed E-state index contributed by atoms with van der Waals surface area (Å²) in [4.78, 5) is 4.98. The van der Waals surface area contributed by atoms with Gasteiger partial charge in [-0.05, 0) is 24.3 Å². The first-order chi connectivity index (χ1) is 12.1. The summed E-state index contributed by atoms with van der Waals surface area (Å²) in [7, 11) is -3.47. The number of hydrogen-bond donors (Lipinski definition) is 0. The summed E-state index contributed by atoms with van der Waals surface area (Å²) >= 11 is 0. The van der Waals surface area contributed by atoms with Gasteiger partial charge >= 0.3 is 0 Å². The normalized spacial score (nSPS) is 11.7. The molecule has 0 aliphatic rings. The third-order valence-corrected chi connectivity index (χ3v) is 5.75. The number of rotatable bonds is 4. The Morgan fingerprint density at radius 2 is 1.44 bits per heavy atom. The third kappa shape index (κ3) is 2.94. The molecule has 0 radical (unpaired) electrons. The predicted octanol–water partition coefficient (Wildman–Crippen LogP) is 3.98. The van der Waals surface area contributed by atoms with E-state index >= 15 is 0 Å². The Morgan fingerprint density at radius 1 is 0.800 bits per heavy atom. The molecule has 0 aliphatic carbocycles. The second-order valence-corrected chi connectivity index (χ2v) is 7.76. The Balaban J connectivity index is 1.89. The van der Waals surface area contributed by atoms with E-state index in [-0.39, 0.29) is 5.75 Å². The fraction of sp³-hybridized carbons (Fsp3) is 0.0500. The first kappa shape index (κ1) is 15.6. The van der Waals surface area contributed by atoms with Crippen LogP contribution in [0.3, 0.4) is 0 Å². The molecule has 25 heavy (non-hydrogen) atoms. The van der Waals surface area contributed by atoms with Crippen LogP contribution in [0, 0.1) is 0 Å². The fourth-order valence-corrected chi connectivity index (χ4v) is 4.28. The van der Waals surface area contributed by atoms with Gasteiger partial charge in [-0.2, -0.15) is 0 Å². The van der Waals surface area contributed by atoms with E-state index < -0.39 is 9.84 Å². The first-order valence-corrected chi connectivity index (χ1v) is 9.59. The van der Waals surface area contributed by atoms with E-state index in [0.29, 0.717) is 16.3 Å². The molecule has 0 atom stereocenters. The van der Waals surface area contributed by atoms with Crippen molar-refractivity contribution in [3.8, 4) is 11.3 Å². The number of aromatic nitrogens is 2. The molecule has 5 heteroatoms. The highest BCUT2D eigenvalue weighted by Crippen LogP contribution is 2.27. The molecule has 0 bridgehead atoms. The minimum absolute atomic E-state index is 0.105. The highest BCUT2D eigenvalue weighted by Gasteiger charge is 2.22. The van der Waals surface area contributed by atoms with Crippen molar-refractivity contribution < 1.29 is 8.42 Å². The molecule has 0 aliphatic heterocycles. The lowest BCUT2D eigenvalue weighted by Gasteiger charge is -2.07. The smallest absolute Gasteiger partial charge is 0.184 e. The molecular weight excluding hydrogens is 332 g/mol. The molecule has 0 amide bonds. The Bertz CT molecular complexity index is 1120. The largest absolute Gasteiger partial charge is 0.302 e. The van der Waals surface area contributed by atoms with Crippen LogP contribution in [-0.4, -0.2) is 17.8 Å². The highest BCUT2D eigenvalue weighted by atomic mass is 32.2. The summed E-state index contributed by atoms with van der Waals surface area (Å²) < 4.78 is 27.6. The molecule has 2 aromatic carbocycles. The maximum absolute atomic E-state index is 12.9. The van der Waals surface area contributed by atoms with Gasteiger partial charge in [0.1, 0.15) is 5.65 Å². The lowest BCUT2D eigenvalue weighted by atomic mass is 10.1. The first-order valence-electron chi connectivity index (χ1n) is 7.94. The summed E-state index contributed by atoms with van der Waals surface area (Å²) in [5.74, 6) is -0.105. The lowest BCUT2D eigenvalue weighted by Crippen LogP contribution is -2.08. The van der Waals surface area contributed by atoms with Crippen LogP contribution in [0.2, 0.25) is 0 Å². The van der Waals surface area contributed by atoms with Gasteiger partial charge in [0, 0.05) is 11.8 Å². The van der Waals surface area contributed by atoms with Crippen molar-refractivity contribution in [3.63, 3.8) is 0 Å². The quantitative estimate of drug-likeness (QED) is 0.561. The van der Waals surface area contributed by atoms with Gasteiger partial charge in [-0.25, -0.2) is 13.4 Å². The second-order valence-electron chi connectivity index (χ2n) is 5.77. The Labute approximate surface area is 146 Å². The fourth-order valence-electron chi connectivity index (χ4n) is 2.90. The summed E-state index contributed by atoms with van der Waals surface area (Å²) in [6, 6.07) is 23.9. The standard InChI is InChI=1S/C20H16N2O2S/c23-25(24,17-11-5-2-6-12-17)15-18-20(16-9-3-1-4-10-16)21-19-13-7-8-14-22(18)19/h1-14H,15H2. The summed E-state index contributed by atoms with van der Waals surface area (Å²) in [5, 5.41) is 0. The molecule has 0 saturated carbocycles. The Hall–Kier alpha value is -2.92. The molecular formula is C20H16N2O2S. The highest BCUT2D eigenvalue weighted by molar-refractivity contribution is 7.90. The monoisotopic (exact) mass is 348 g/mol. The second kappa shape index (κ2) is 6.18.